The Morgan fingerprint density at radius 3 is 3.22 bits per heavy atom. The summed E-state index contributed by atoms with van der Waals surface area (Å²) < 4.78 is 5.30. The molecular weight excluding hydrogens is 246 g/mol. The minimum Gasteiger partial charge on any atom is -0.469 e. The molecule has 5 heteroatoms. The smallest absolute Gasteiger partial charge is 0.191 e. The van der Waals surface area contributed by atoms with Crippen molar-refractivity contribution < 1.29 is 4.42 Å². The van der Waals surface area contributed by atoms with Crippen molar-refractivity contribution in [3.8, 4) is 0 Å². The molecule has 1 saturated heterocycles. The van der Waals surface area contributed by atoms with E-state index in [0.717, 1.165) is 24.7 Å². The Labute approximate surface area is 113 Å². The van der Waals surface area contributed by atoms with Gasteiger partial charge >= 0.3 is 0 Å². The maximum absolute atomic E-state index is 5.30. The van der Waals surface area contributed by atoms with Gasteiger partial charge in [-0.15, -0.1) is 0 Å². The number of thioether (sulfide) groups is 1. The average molecular weight is 267 g/mol. The fraction of sp³-hybridized carbons (Fsp3) is 0.615. The summed E-state index contributed by atoms with van der Waals surface area (Å²) in [6.07, 6.45) is 5.13. The highest BCUT2D eigenvalue weighted by atomic mass is 32.2. The molecule has 1 fully saturated rings. The molecular formula is C13H21N3OS. The molecule has 0 spiro atoms. The van der Waals surface area contributed by atoms with E-state index in [-0.39, 0.29) is 0 Å². The third-order valence-electron chi connectivity index (χ3n) is 2.97. The zero-order chi connectivity index (χ0) is 12.6. The summed E-state index contributed by atoms with van der Waals surface area (Å²) in [5.41, 5.74) is 0. The first-order chi connectivity index (χ1) is 8.88. The lowest BCUT2D eigenvalue weighted by Crippen LogP contribution is -2.46. The van der Waals surface area contributed by atoms with E-state index in [1.807, 2.05) is 30.9 Å². The first-order valence-electron chi connectivity index (χ1n) is 6.46. The largest absolute Gasteiger partial charge is 0.469 e. The van der Waals surface area contributed by atoms with Crippen molar-refractivity contribution in [1.29, 1.82) is 0 Å². The van der Waals surface area contributed by atoms with E-state index in [2.05, 4.69) is 15.6 Å². The molecule has 1 unspecified atom stereocenters. The molecule has 1 aliphatic rings. The average Bonchev–Trinajstić information content (AvgIpc) is 2.92. The number of rotatable bonds is 4. The van der Waals surface area contributed by atoms with Crippen molar-refractivity contribution in [2.75, 3.05) is 25.1 Å². The molecule has 2 rings (SSSR count). The first-order valence-corrected chi connectivity index (χ1v) is 7.61. The van der Waals surface area contributed by atoms with Crippen molar-refractivity contribution in [3.05, 3.63) is 24.2 Å². The third kappa shape index (κ3) is 4.29. The predicted octanol–water partition coefficient (Wildman–Crippen LogP) is 1.88. The minimum absolute atomic E-state index is 0.554. The highest BCUT2D eigenvalue weighted by Gasteiger charge is 2.14. The van der Waals surface area contributed by atoms with Gasteiger partial charge in [-0.2, -0.15) is 11.8 Å². The molecule has 0 aromatic carbocycles. The lowest BCUT2D eigenvalue weighted by molar-refractivity contribution is 0.505. The molecule has 1 aromatic heterocycles. The Hall–Kier alpha value is -1.10. The fourth-order valence-corrected chi connectivity index (χ4v) is 3.07. The maximum atomic E-state index is 5.30. The van der Waals surface area contributed by atoms with Gasteiger partial charge < -0.3 is 15.1 Å². The zero-order valence-corrected chi connectivity index (χ0v) is 11.6. The van der Waals surface area contributed by atoms with Crippen LogP contribution in [-0.4, -0.2) is 37.1 Å². The summed E-state index contributed by atoms with van der Waals surface area (Å²) in [5.74, 6) is 4.38. The van der Waals surface area contributed by atoms with Crippen LogP contribution < -0.4 is 10.6 Å². The number of nitrogens with one attached hydrogen (secondary N) is 2. The van der Waals surface area contributed by atoms with Gasteiger partial charge in [-0.1, -0.05) is 0 Å². The van der Waals surface area contributed by atoms with E-state index in [1.54, 1.807) is 6.26 Å². The normalized spacial score (nSPS) is 20.7. The Morgan fingerprint density at radius 2 is 2.56 bits per heavy atom. The molecule has 2 heterocycles. The lowest BCUT2D eigenvalue weighted by atomic mass is 10.2. The molecule has 0 saturated carbocycles. The molecule has 2 N–H and O–H groups in total. The number of furan rings is 1. The number of hydrogen-bond acceptors (Lipinski definition) is 3. The van der Waals surface area contributed by atoms with Crippen molar-refractivity contribution in [2.24, 2.45) is 4.99 Å². The second kappa shape index (κ2) is 7.36. The minimum atomic E-state index is 0.554. The third-order valence-corrected chi connectivity index (χ3v) is 4.18. The van der Waals surface area contributed by atoms with Crippen LogP contribution in [0.2, 0.25) is 0 Å². The molecule has 4 nitrogen and oxygen atoms in total. The van der Waals surface area contributed by atoms with Crippen LogP contribution in [0, 0.1) is 0 Å². The Bertz CT molecular complexity index is 358. The van der Waals surface area contributed by atoms with Crippen molar-refractivity contribution in [3.63, 3.8) is 0 Å². The number of hydrogen-bond donors (Lipinski definition) is 2. The number of guanidine groups is 1. The van der Waals surface area contributed by atoms with Crippen LogP contribution in [0.1, 0.15) is 18.6 Å². The SMILES string of the molecule is CN=C(NCCc1ccco1)NC1CCCSC1. The van der Waals surface area contributed by atoms with Crippen LogP contribution in [-0.2, 0) is 6.42 Å². The molecule has 18 heavy (non-hydrogen) atoms. The van der Waals surface area contributed by atoms with E-state index in [0.29, 0.717) is 6.04 Å². The van der Waals surface area contributed by atoms with Gasteiger partial charge in [-0.25, -0.2) is 0 Å². The molecule has 0 bridgehead atoms. The molecule has 1 aromatic rings. The van der Waals surface area contributed by atoms with Gasteiger partial charge in [0.1, 0.15) is 5.76 Å². The predicted molar refractivity (Wildman–Crippen MR) is 77.3 cm³/mol. The van der Waals surface area contributed by atoms with Gasteiger partial charge in [-0.3, -0.25) is 4.99 Å². The standard InChI is InChI=1S/C13H21N3OS/c1-14-13(16-11-4-3-9-18-10-11)15-7-6-12-5-2-8-17-12/h2,5,8,11H,3-4,6-7,9-10H2,1H3,(H2,14,15,16). The van der Waals surface area contributed by atoms with Crippen LogP contribution in [0.25, 0.3) is 0 Å². The van der Waals surface area contributed by atoms with Gasteiger partial charge in [0.15, 0.2) is 5.96 Å². The van der Waals surface area contributed by atoms with E-state index in [1.165, 1.54) is 24.3 Å². The van der Waals surface area contributed by atoms with Crippen molar-refractivity contribution in [2.45, 2.75) is 25.3 Å². The van der Waals surface area contributed by atoms with Gasteiger partial charge in [-0.05, 0) is 30.7 Å². The molecule has 100 valence electrons. The summed E-state index contributed by atoms with van der Waals surface area (Å²) >= 11 is 2.02. The van der Waals surface area contributed by atoms with E-state index in [9.17, 15) is 0 Å². The topological polar surface area (TPSA) is 49.6 Å². The van der Waals surface area contributed by atoms with Crippen LogP contribution in [0.3, 0.4) is 0 Å². The van der Waals surface area contributed by atoms with Gasteiger partial charge in [0.2, 0.25) is 0 Å². The summed E-state index contributed by atoms with van der Waals surface area (Å²) in [4.78, 5) is 4.26. The quantitative estimate of drug-likeness (QED) is 0.646. The highest BCUT2D eigenvalue weighted by molar-refractivity contribution is 7.99. The monoisotopic (exact) mass is 267 g/mol. The highest BCUT2D eigenvalue weighted by Crippen LogP contribution is 2.16. The van der Waals surface area contributed by atoms with Gasteiger partial charge in [0, 0.05) is 31.8 Å². The summed E-state index contributed by atoms with van der Waals surface area (Å²) in [6.45, 7) is 0.840. The summed E-state index contributed by atoms with van der Waals surface area (Å²) in [7, 11) is 1.82. The van der Waals surface area contributed by atoms with Crippen LogP contribution in [0.5, 0.6) is 0 Å². The Morgan fingerprint density at radius 1 is 1.61 bits per heavy atom. The van der Waals surface area contributed by atoms with E-state index in [4.69, 9.17) is 4.42 Å². The molecule has 0 radical (unpaired) electrons. The maximum Gasteiger partial charge on any atom is 0.191 e. The van der Waals surface area contributed by atoms with Crippen molar-refractivity contribution >= 4 is 17.7 Å². The summed E-state index contributed by atoms with van der Waals surface area (Å²) in [5, 5.41) is 6.80. The lowest BCUT2D eigenvalue weighted by Gasteiger charge is -2.24. The van der Waals surface area contributed by atoms with Gasteiger partial charge in [0.05, 0.1) is 6.26 Å². The van der Waals surface area contributed by atoms with Crippen molar-refractivity contribution in [1.82, 2.24) is 10.6 Å². The fourth-order valence-electron chi connectivity index (χ4n) is 2.00. The van der Waals surface area contributed by atoms with E-state index >= 15 is 0 Å². The first kappa shape index (κ1) is 13.3. The second-order valence-corrected chi connectivity index (χ2v) is 5.54. The Balaban J connectivity index is 1.68. The van der Waals surface area contributed by atoms with Crippen LogP contribution in [0.4, 0.5) is 0 Å². The Kier molecular flexibility index (Phi) is 5.45. The van der Waals surface area contributed by atoms with E-state index < -0.39 is 0 Å². The van der Waals surface area contributed by atoms with Crippen LogP contribution >= 0.6 is 11.8 Å². The second-order valence-electron chi connectivity index (χ2n) is 4.39. The van der Waals surface area contributed by atoms with Gasteiger partial charge in [0.25, 0.3) is 0 Å². The molecule has 1 aliphatic heterocycles. The molecule has 0 aliphatic carbocycles. The number of aliphatic imine (C=N–C) groups is 1. The molecule has 1 atom stereocenters. The molecule has 0 amide bonds. The summed E-state index contributed by atoms with van der Waals surface area (Å²) in [6, 6.07) is 4.47. The van der Waals surface area contributed by atoms with Crippen LogP contribution in [0.15, 0.2) is 27.8 Å². The number of nitrogens with zero attached hydrogens (tertiary/aromatic N) is 1. The zero-order valence-electron chi connectivity index (χ0n) is 10.8.